The third-order valence-electron chi connectivity index (χ3n) is 2.99. The Kier molecular flexibility index (Phi) is 4.49. The smallest absolute Gasteiger partial charge is 0.138 e. The van der Waals surface area contributed by atoms with Crippen molar-refractivity contribution in [3.8, 4) is 5.75 Å². The zero-order chi connectivity index (χ0) is 13.7. The fraction of sp³-hybridized carbons (Fsp3) is 0.267. The van der Waals surface area contributed by atoms with E-state index in [9.17, 15) is 10.2 Å². The van der Waals surface area contributed by atoms with E-state index in [0.29, 0.717) is 18.8 Å². The second-order valence-corrected chi connectivity index (χ2v) is 4.45. The average Bonchev–Trinajstić information content (AvgIpc) is 2.43. The van der Waals surface area contributed by atoms with E-state index < -0.39 is 0 Å². The van der Waals surface area contributed by atoms with Gasteiger partial charge in [-0.1, -0.05) is 24.3 Å². The zero-order valence-corrected chi connectivity index (χ0v) is 10.9. The molecule has 1 aromatic heterocycles. The molecule has 0 radical (unpaired) electrons. The van der Waals surface area contributed by atoms with Gasteiger partial charge < -0.3 is 15.5 Å². The third-order valence-corrected chi connectivity index (χ3v) is 2.99. The van der Waals surface area contributed by atoms with Crippen molar-refractivity contribution in [2.24, 2.45) is 0 Å². The van der Waals surface area contributed by atoms with Crippen LogP contribution in [0.25, 0.3) is 0 Å². The maximum absolute atomic E-state index is 9.69. The number of aromatic hydroxyl groups is 1. The molecule has 0 bridgehead atoms. The number of hydrogen-bond acceptors (Lipinski definition) is 4. The molecular weight excluding hydrogens is 240 g/mol. The lowest BCUT2D eigenvalue weighted by Crippen LogP contribution is -2.15. The molecule has 2 rings (SSSR count). The van der Waals surface area contributed by atoms with Crippen LogP contribution in [0.2, 0.25) is 0 Å². The third kappa shape index (κ3) is 3.53. The molecule has 0 aliphatic rings. The number of rotatable bonds is 5. The number of hydrogen-bond donors (Lipinski definition) is 3. The van der Waals surface area contributed by atoms with Crippen molar-refractivity contribution in [3.05, 3.63) is 58.9 Å². The van der Waals surface area contributed by atoms with E-state index in [1.165, 1.54) is 0 Å². The topological polar surface area (TPSA) is 65.4 Å². The van der Waals surface area contributed by atoms with Crippen LogP contribution in [0.4, 0.5) is 0 Å². The largest absolute Gasteiger partial charge is 0.506 e. The second-order valence-electron chi connectivity index (χ2n) is 4.45. The van der Waals surface area contributed by atoms with Crippen molar-refractivity contribution in [2.45, 2.75) is 26.6 Å². The Hall–Kier alpha value is -1.91. The molecule has 19 heavy (non-hydrogen) atoms. The van der Waals surface area contributed by atoms with Crippen LogP contribution >= 0.6 is 0 Å². The van der Waals surface area contributed by atoms with E-state index in [2.05, 4.69) is 10.3 Å². The normalized spacial score (nSPS) is 10.6. The highest BCUT2D eigenvalue weighted by atomic mass is 16.3. The van der Waals surface area contributed by atoms with Gasteiger partial charge in [0.1, 0.15) is 5.75 Å². The Bertz CT molecular complexity index is 556. The molecule has 0 amide bonds. The van der Waals surface area contributed by atoms with Crippen LogP contribution < -0.4 is 5.32 Å². The van der Waals surface area contributed by atoms with Crippen molar-refractivity contribution in [1.82, 2.24) is 10.3 Å². The van der Waals surface area contributed by atoms with Crippen molar-refractivity contribution in [1.29, 1.82) is 0 Å². The molecule has 4 nitrogen and oxygen atoms in total. The lowest BCUT2D eigenvalue weighted by atomic mass is 10.1. The molecule has 0 saturated heterocycles. The van der Waals surface area contributed by atoms with Crippen LogP contribution in [0.15, 0.2) is 36.4 Å². The molecular formula is C15H18N2O2. The van der Waals surface area contributed by atoms with Crippen molar-refractivity contribution in [3.63, 3.8) is 0 Å². The Labute approximate surface area is 112 Å². The minimum absolute atomic E-state index is 0.0335. The molecule has 100 valence electrons. The van der Waals surface area contributed by atoms with Crippen molar-refractivity contribution < 1.29 is 10.2 Å². The summed E-state index contributed by atoms with van der Waals surface area (Å²) in [7, 11) is 0. The van der Waals surface area contributed by atoms with Gasteiger partial charge in [0, 0.05) is 18.8 Å². The van der Waals surface area contributed by atoms with Gasteiger partial charge in [0.05, 0.1) is 12.3 Å². The standard InChI is InChI=1S/C15H18N2O2/c1-11-6-7-15(19)14(17-11)9-16-8-12-4-2-3-5-13(12)10-18/h2-7,16,18-19H,8-10H2,1H3. The fourth-order valence-corrected chi connectivity index (χ4v) is 1.93. The first kappa shape index (κ1) is 13.5. The number of nitrogens with one attached hydrogen (secondary N) is 1. The molecule has 3 N–H and O–H groups in total. The number of nitrogens with zero attached hydrogens (tertiary/aromatic N) is 1. The summed E-state index contributed by atoms with van der Waals surface area (Å²) in [6.07, 6.45) is 0. The molecule has 0 saturated carbocycles. The first-order valence-corrected chi connectivity index (χ1v) is 6.24. The summed E-state index contributed by atoms with van der Waals surface area (Å²) in [5.74, 6) is 0.202. The van der Waals surface area contributed by atoms with Crippen molar-refractivity contribution >= 4 is 0 Å². The summed E-state index contributed by atoms with van der Waals surface area (Å²) in [5, 5.41) is 22.2. The number of aromatic nitrogens is 1. The van der Waals surface area contributed by atoms with E-state index in [0.717, 1.165) is 16.8 Å². The number of aliphatic hydroxyl groups excluding tert-OH is 1. The van der Waals surface area contributed by atoms with Crippen LogP contribution in [-0.2, 0) is 19.7 Å². The van der Waals surface area contributed by atoms with Crippen LogP contribution in [0.3, 0.4) is 0 Å². The Balaban J connectivity index is 1.98. The van der Waals surface area contributed by atoms with Crippen LogP contribution in [-0.4, -0.2) is 15.2 Å². The van der Waals surface area contributed by atoms with E-state index in [4.69, 9.17) is 0 Å². The van der Waals surface area contributed by atoms with Gasteiger partial charge in [-0.2, -0.15) is 0 Å². The highest BCUT2D eigenvalue weighted by Crippen LogP contribution is 2.15. The van der Waals surface area contributed by atoms with Gasteiger partial charge >= 0.3 is 0 Å². The van der Waals surface area contributed by atoms with E-state index in [1.54, 1.807) is 12.1 Å². The van der Waals surface area contributed by atoms with Gasteiger partial charge in [0.25, 0.3) is 0 Å². The summed E-state index contributed by atoms with van der Waals surface area (Å²) in [4.78, 5) is 4.28. The minimum Gasteiger partial charge on any atom is -0.506 e. The SMILES string of the molecule is Cc1ccc(O)c(CNCc2ccccc2CO)n1. The molecule has 0 atom stereocenters. The number of pyridine rings is 1. The van der Waals surface area contributed by atoms with Gasteiger partial charge in [-0.25, -0.2) is 0 Å². The Morgan fingerprint density at radius 3 is 2.53 bits per heavy atom. The summed E-state index contributed by atoms with van der Waals surface area (Å²) in [5.41, 5.74) is 3.49. The average molecular weight is 258 g/mol. The molecule has 1 aromatic carbocycles. The van der Waals surface area contributed by atoms with Gasteiger partial charge in [-0.15, -0.1) is 0 Å². The fourth-order valence-electron chi connectivity index (χ4n) is 1.93. The quantitative estimate of drug-likeness (QED) is 0.766. The molecule has 4 heteroatoms. The van der Waals surface area contributed by atoms with E-state index in [-0.39, 0.29) is 12.4 Å². The van der Waals surface area contributed by atoms with Gasteiger partial charge in [0.2, 0.25) is 0 Å². The predicted molar refractivity (Wildman–Crippen MR) is 73.5 cm³/mol. The van der Waals surface area contributed by atoms with Crippen molar-refractivity contribution in [2.75, 3.05) is 0 Å². The molecule has 0 spiro atoms. The summed E-state index contributed by atoms with van der Waals surface area (Å²) in [6, 6.07) is 11.2. The molecule has 0 aliphatic heterocycles. The predicted octanol–water partition coefficient (Wildman–Crippen LogP) is 1.88. The maximum Gasteiger partial charge on any atom is 0.138 e. The van der Waals surface area contributed by atoms with Gasteiger partial charge in [-0.05, 0) is 30.2 Å². The lowest BCUT2D eigenvalue weighted by molar-refractivity contribution is 0.280. The second kappa shape index (κ2) is 6.31. The molecule has 0 fully saturated rings. The van der Waals surface area contributed by atoms with Gasteiger partial charge in [0.15, 0.2) is 0 Å². The molecule has 2 aromatic rings. The number of aryl methyl sites for hydroxylation is 1. The molecule has 1 heterocycles. The van der Waals surface area contributed by atoms with Crippen LogP contribution in [0, 0.1) is 6.92 Å². The summed E-state index contributed by atoms with van der Waals surface area (Å²) in [6.45, 7) is 3.05. The summed E-state index contributed by atoms with van der Waals surface area (Å²) < 4.78 is 0. The van der Waals surface area contributed by atoms with Crippen LogP contribution in [0.1, 0.15) is 22.5 Å². The minimum atomic E-state index is 0.0335. The van der Waals surface area contributed by atoms with Gasteiger partial charge in [-0.3, -0.25) is 4.98 Å². The zero-order valence-electron chi connectivity index (χ0n) is 10.9. The summed E-state index contributed by atoms with van der Waals surface area (Å²) >= 11 is 0. The van der Waals surface area contributed by atoms with E-state index in [1.807, 2.05) is 31.2 Å². The lowest BCUT2D eigenvalue weighted by Gasteiger charge is -2.09. The highest BCUT2D eigenvalue weighted by Gasteiger charge is 2.04. The Morgan fingerprint density at radius 2 is 1.79 bits per heavy atom. The number of benzene rings is 1. The van der Waals surface area contributed by atoms with Crippen LogP contribution in [0.5, 0.6) is 5.75 Å². The Morgan fingerprint density at radius 1 is 1.05 bits per heavy atom. The first-order valence-electron chi connectivity index (χ1n) is 6.24. The molecule has 0 unspecified atom stereocenters. The van der Waals surface area contributed by atoms with E-state index >= 15 is 0 Å². The number of aliphatic hydroxyl groups is 1. The highest BCUT2D eigenvalue weighted by molar-refractivity contribution is 5.28. The first-order chi connectivity index (χ1) is 9.20. The monoisotopic (exact) mass is 258 g/mol. The molecule has 0 aliphatic carbocycles. The maximum atomic E-state index is 9.69.